The third-order valence-corrected chi connectivity index (χ3v) is 2.70. The molecule has 0 aliphatic heterocycles. The zero-order valence-electron chi connectivity index (χ0n) is 7.58. The van der Waals surface area contributed by atoms with E-state index in [1.807, 2.05) is 0 Å². The SMILES string of the molecule is OCCCC(O)c1ccc(Cl)c(Cl)c1. The Bertz CT molecular complexity index is 302. The van der Waals surface area contributed by atoms with Crippen molar-refractivity contribution in [1.82, 2.24) is 0 Å². The van der Waals surface area contributed by atoms with Crippen molar-refractivity contribution in [3.8, 4) is 0 Å². The monoisotopic (exact) mass is 234 g/mol. The van der Waals surface area contributed by atoms with Crippen LogP contribution in [0.15, 0.2) is 18.2 Å². The molecule has 2 nitrogen and oxygen atoms in total. The van der Waals surface area contributed by atoms with Crippen molar-refractivity contribution in [3.63, 3.8) is 0 Å². The number of benzene rings is 1. The van der Waals surface area contributed by atoms with Gasteiger partial charge in [-0.1, -0.05) is 29.3 Å². The third-order valence-electron chi connectivity index (χ3n) is 1.96. The molecule has 2 N–H and O–H groups in total. The summed E-state index contributed by atoms with van der Waals surface area (Å²) in [6, 6.07) is 5.03. The molecular formula is C10H12Cl2O2. The predicted molar refractivity (Wildman–Crippen MR) is 57.7 cm³/mol. The van der Waals surface area contributed by atoms with Gasteiger partial charge in [-0.2, -0.15) is 0 Å². The lowest BCUT2D eigenvalue weighted by atomic mass is 10.1. The van der Waals surface area contributed by atoms with Gasteiger partial charge in [-0.25, -0.2) is 0 Å². The molecular weight excluding hydrogens is 223 g/mol. The summed E-state index contributed by atoms with van der Waals surface area (Å²) in [5.74, 6) is 0. The smallest absolute Gasteiger partial charge is 0.0791 e. The van der Waals surface area contributed by atoms with Crippen LogP contribution in [-0.2, 0) is 0 Å². The zero-order chi connectivity index (χ0) is 10.6. The van der Waals surface area contributed by atoms with Crippen LogP contribution in [0.2, 0.25) is 10.0 Å². The van der Waals surface area contributed by atoms with Gasteiger partial charge in [0.15, 0.2) is 0 Å². The number of halogens is 2. The van der Waals surface area contributed by atoms with E-state index in [2.05, 4.69) is 0 Å². The molecule has 0 aromatic heterocycles. The van der Waals surface area contributed by atoms with Crippen LogP contribution in [-0.4, -0.2) is 16.8 Å². The summed E-state index contributed by atoms with van der Waals surface area (Å²) in [5.41, 5.74) is 0.729. The summed E-state index contributed by atoms with van der Waals surface area (Å²) in [6.07, 6.45) is 0.507. The summed E-state index contributed by atoms with van der Waals surface area (Å²) in [7, 11) is 0. The minimum absolute atomic E-state index is 0.0817. The van der Waals surface area contributed by atoms with Gasteiger partial charge in [0.1, 0.15) is 0 Å². The van der Waals surface area contributed by atoms with Crippen molar-refractivity contribution >= 4 is 23.2 Å². The highest BCUT2D eigenvalue weighted by atomic mass is 35.5. The van der Waals surface area contributed by atoms with Crippen molar-refractivity contribution < 1.29 is 10.2 Å². The average Bonchev–Trinajstić information content (AvgIpc) is 2.18. The molecule has 1 aromatic carbocycles. The molecule has 0 saturated heterocycles. The van der Waals surface area contributed by atoms with Crippen LogP contribution in [0.5, 0.6) is 0 Å². The molecule has 1 unspecified atom stereocenters. The molecule has 1 aromatic rings. The molecule has 0 bridgehead atoms. The Morgan fingerprint density at radius 2 is 1.93 bits per heavy atom. The van der Waals surface area contributed by atoms with Crippen molar-refractivity contribution in [2.45, 2.75) is 18.9 Å². The Balaban J connectivity index is 2.70. The molecule has 78 valence electrons. The fourth-order valence-corrected chi connectivity index (χ4v) is 1.48. The maximum atomic E-state index is 9.65. The van der Waals surface area contributed by atoms with E-state index < -0.39 is 6.10 Å². The van der Waals surface area contributed by atoms with Gasteiger partial charge in [0.2, 0.25) is 0 Å². The molecule has 0 spiro atoms. The topological polar surface area (TPSA) is 40.5 Å². The van der Waals surface area contributed by atoms with E-state index in [4.69, 9.17) is 28.3 Å². The first-order valence-corrected chi connectivity index (χ1v) is 5.14. The zero-order valence-corrected chi connectivity index (χ0v) is 9.09. The highest BCUT2D eigenvalue weighted by Gasteiger charge is 2.08. The van der Waals surface area contributed by atoms with Crippen molar-refractivity contribution in [2.75, 3.05) is 6.61 Å². The third kappa shape index (κ3) is 3.14. The van der Waals surface area contributed by atoms with E-state index >= 15 is 0 Å². The second kappa shape index (κ2) is 5.56. The van der Waals surface area contributed by atoms with E-state index in [0.29, 0.717) is 22.9 Å². The molecule has 0 aliphatic rings. The predicted octanol–water partition coefficient (Wildman–Crippen LogP) is 2.80. The fourth-order valence-electron chi connectivity index (χ4n) is 1.17. The first-order chi connectivity index (χ1) is 6.65. The minimum atomic E-state index is -0.586. The Kier molecular flexibility index (Phi) is 4.69. The van der Waals surface area contributed by atoms with Gasteiger partial charge in [-0.15, -0.1) is 0 Å². The molecule has 4 heteroatoms. The number of aliphatic hydroxyl groups excluding tert-OH is 2. The lowest BCUT2D eigenvalue weighted by molar-refractivity contribution is 0.152. The highest BCUT2D eigenvalue weighted by molar-refractivity contribution is 6.42. The molecule has 0 saturated carbocycles. The fraction of sp³-hybridized carbons (Fsp3) is 0.400. The van der Waals surface area contributed by atoms with Crippen LogP contribution >= 0.6 is 23.2 Å². The number of hydrogen-bond donors (Lipinski definition) is 2. The van der Waals surface area contributed by atoms with Crippen molar-refractivity contribution in [3.05, 3.63) is 33.8 Å². The van der Waals surface area contributed by atoms with E-state index in [1.165, 1.54) is 0 Å². The molecule has 1 rings (SSSR count). The van der Waals surface area contributed by atoms with Gasteiger partial charge < -0.3 is 10.2 Å². The summed E-state index contributed by atoms with van der Waals surface area (Å²) in [4.78, 5) is 0. The molecule has 0 fully saturated rings. The Hall–Kier alpha value is -0.280. The van der Waals surface area contributed by atoms with Crippen molar-refractivity contribution in [1.29, 1.82) is 0 Å². The molecule has 0 amide bonds. The first-order valence-electron chi connectivity index (χ1n) is 4.39. The van der Waals surface area contributed by atoms with Crippen LogP contribution in [0.3, 0.4) is 0 Å². The minimum Gasteiger partial charge on any atom is -0.396 e. The van der Waals surface area contributed by atoms with Crippen LogP contribution < -0.4 is 0 Å². The lowest BCUT2D eigenvalue weighted by Crippen LogP contribution is -1.98. The Morgan fingerprint density at radius 1 is 1.21 bits per heavy atom. The maximum absolute atomic E-state index is 9.65. The Morgan fingerprint density at radius 3 is 2.50 bits per heavy atom. The quantitative estimate of drug-likeness (QED) is 0.842. The van der Waals surface area contributed by atoms with Gasteiger partial charge in [-0.05, 0) is 30.5 Å². The maximum Gasteiger partial charge on any atom is 0.0791 e. The lowest BCUT2D eigenvalue weighted by Gasteiger charge is -2.10. The summed E-state index contributed by atoms with van der Waals surface area (Å²) < 4.78 is 0. The van der Waals surface area contributed by atoms with Crippen LogP contribution in [0.4, 0.5) is 0 Å². The van der Waals surface area contributed by atoms with E-state index in [-0.39, 0.29) is 6.61 Å². The second-order valence-corrected chi connectivity index (χ2v) is 3.87. The van der Waals surface area contributed by atoms with E-state index in [9.17, 15) is 5.11 Å². The van der Waals surface area contributed by atoms with Gasteiger partial charge in [0.25, 0.3) is 0 Å². The summed E-state index contributed by atoms with van der Waals surface area (Å²) in [6.45, 7) is 0.0817. The number of hydrogen-bond acceptors (Lipinski definition) is 2. The molecule has 0 radical (unpaired) electrons. The number of rotatable bonds is 4. The first kappa shape index (κ1) is 11.8. The van der Waals surface area contributed by atoms with Crippen molar-refractivity contribution in [2.24, 2.45) is 0 Å². The average molecular weight is 235 g/mol. The molecule has 1 atom stereocenters. The summed E-state index contributed by atoms with van der Waals surface area (Å²) in [5, 5.41) is 19.2. The standard InChI is InChI=1S/C10H12Cl2O2/c11-8-4-3-7(6-9(8)12)10(14)2-1-5-13/h3-4,6,10,13-14H,1-2,5H2. The molecule has 14 heavy (non-hydrogen) atoms. The van der Waals surface area contributed by atoms with E-state index in [0.717, 1.165) is 5.56 Å². The summed E-state index contributed by atoms with van der Waals surface area (Å²) >= 11 is 11.5. The molecule has 0 heterocycles. The number of aliphatic hydroxyl groups is 2. The van der Waals surface area contributed by atoms with Gasteiger partial charge in [0.05, 0.1) is 16.1 Å². The normalized spacial score (nSPS) is 12.9. The van der Waals surface area contributed by atoms with Gasteiger partial charge in [0, 0.05) is 6.61 Å². The van der Waals surface area contributed by atoms with Gasteiger partial charge >= 0.3 is 0 Å². The van der Waals surface area contributed by atoms with E-state index in [1.54, 1.807) is 18.2 Å². The van der Waals surface area contributed by atoms with Crippen LogP contribution in [0.1, 0.15) is 24.5 Å². The van der Waals surface area contributed by atoms with Crippen LogP contribution in [0.25, 0.3) is 0 Å². The largest absolute Gasteiger partial charge is 0.396 e. The second-order valence-electron chi connectivity index (χ2n) is 3.06. The van der Waals surface area contributed by atoms with Crippen LogP contribution in [0, 0.1) is 0 Å². The highest BCUT2D eigenvalue weighted by Crippen LogP contribution is 2.27. The van der Waals surface area contributed by atoms with Gasteiger partial charge in [-0.3, -0.25) is 0 Å². The Labute approximate surface area is 93.1 Å². The molecule has 0 aliphatic carbocycles.